The number of carbonyl (C=O) groups excluding carboxylic acids is 2. The van der Waals surface area contributed by atoms with Crippen LogP contribution in [0.3, 0.4) is 0 Å². The van der Waals surface area contributed by atoms with E-state index in [9.17, 15) is 19.7 Å². The number of carbonyl (C=O) groups is 2. The van der Waals surface area contributed by atoms with Gasteiger partial charge in [0, 0.05) is 44.3 Å². The van der Waals surface area contributed by atoms with Crippen molar-refractivity contribution in [3.63, 3.8) is 0 Å². The summed E-state index contributed by atoms with van der Waals surface area (Å²) >= 11 is 0. The third kappa shape index (κ3) is 7.42. The van der Waals surface area contributed by atoms with Crippen molar-refractivity contribution >= 4 is 35.1 Å². The number of benzene rings is 2. The van der Waals surface area contributed by atoms with Crippen LogP contribution in [0, 0.1) is 10.1 Å². The third-order valence-corrected chi connectivity index (χ3v) is 4.11. The molecule has 0 aliphatic carbocycles. The summed E-state index contributed by atoms with van der Waals surface area (Å²) in [6.07, 6.45) is 1.24. The fourth-order valence-corrected chi connectivity index (χ4v) is 2.63. The Labute approximate surface area is 180 Å². The zero-order valence-corrected chi connectivity index (χ0v) is 17.6. The molecule has 0 saturated heterocycles. The highest BCUT2D eigenvalue weighted by molar-refractivity contribution is 5.93. The molecule has 0 aliphatic heterocycles. The van der Waals surface area contributed by atoms with Crippen LogP contribution >= 0.6 is 0 Å². The van der Waals surface area contributed by atoms with E-state index in [1.54, 1.807) is 55.4 Å². The molecule has 0 radical (unpaired) electrons. The number of nitro groups is 1. The number of nitro benzene ring substituents is 1. The average Bonchev–Trinajstić information content (AvgIpc) is 2.73. The van der Waals surface area contributed by atoms with Gasteiger partial charge in [-0.15, -0.1) is 0 Å². The number of nitrogens with zero attached hydrogens (tertiary/aromatic N) is 3. The Morgan fingerprint density at radius 1 is 1.13 bits per heavy atom. The molecule has 0 aliphatic rings. The van der Waals surface area contributed by atoms with Gasteiger partial charge < -0.3 is 15.0 Å². The van der Waals surface area contributed by atoms with Gasteiger partial charge in [0.15, 0.2) is 0 Å². The highest BCUT2D eigenvalue weighted by Crippen LogP contribution is 2.27. The molecular weight excluding hydrogens is 402 g/mol. The number of nitrogens with one attached hydrogen (secondary N) is 2. The minimum Gasteiger partial charge on any atom is -0.494 e. The van der Waals surface area contributed by atoms with E-state index in [2.05, 4.69) is 15.8 Å². The largest absolute Gasteiger partial charge is 0.494 e. The van der Waals surface area contributed by atoms with Gasteiger partial charge in [0.05, 0.1) is 17.7 Å². The maximum atomic E-state index is 12.0. The van der Waals surface area contributed by atoms with Crippen molar-refractivity contribution in [1.82, 2.24) is 5.43 Å². The maximum Gasteiger partial charge on any atom is 0.293 e. The van der Waals surface area contributed by atoms with Crippen molar-refractivity contribution < 1.29 is 19.2 Å². The van der Waals surface area contributed by atoms with Crippen molar-refractivity contribution in [2.24, 2.45) is 5.10 Å². The summed E-state index contributed by atoms with van der Waals surface area (Å²) in [7, 11) is 3.42. The van der Waals surface area contributed by atoms with Crippen LogP contribution in [-0.2, 0) is 9.59 Å². The number of ether oxygens (including phenoxy) is 1. The zero-order chi connectivity index (χ0) is 22.8. The Kier molecular flexibility index (Phi) is 8.50. The average molecular weight is 427 g/mol. The summed E-state index contributed by atoms with van der Waals surface area (Å²) in [6.45, 7) is 2.44. The lowest BCUT2D eigenvalue weighted by molar-refractivity contribution is -0.384. The minimum atomic E-state index is -0.478. The summed E-state index contributed by atoms with van der Waals surface area (Å²) in [5.41, 5.74) is 3.78. The molecule has 0 unspecified atom stereocenters. The summed E-state index contributed by atoms with van der Waals surface area (Å²) in [5.74, 6) is -0.0462. The molecule has 0 heterocycles. The Morgan fingerprint density at radius 2 is 1.81 bits per heavy atom. The van der Waals surface area contributed by atoms with Crippen LogP contribution in [0.2, 0.25) is 0 Å². The molecule has 2 aromatic rings. The predicted octanol–water partition coefficient (Wildman–Crippen LogP) is 2.93. The second kappa shape index (κ2) is 11.3. The van der Waals surface area contributed by atoms with Gasteiger partial charge in [-0.1, -0.05) is 6.07 Å². The molecular formula is C21H25N5O5. The van der Waals surface area contributed by atoms with E-state index < -0.39 is 10.8 Å². The smallest absolute Gasteiger partial charge is 0.293 e. The lowest BCUT2D eigenvalue weighted by Crippen LogP contribution is -2.20. The van der Waals surface area contributed by atoms with E-state index in [0.29, 0.717) is 29.3 Å². The summed E-state index contributed by atoms with van der Waals surface area (Å²) in [4.78, 5) is 36.2. The monoisotopic (exact) mass is 427 g/mol. The molecule has 0 atom stereocenters. The van der Waals surface area contributed by atoms with Crippen LogP contribution in [-0.4, -0.2) is 43.7 Å². The highest BCUT2D eigenvalue weighted by Gasteiger charge is 2.15. The van der Waals surface area contributed by atoms with E-state index >= 15 is 0 Å². The van der Waals surface area contributed by atoms with Gasteiger partial charge >= 0.3 is 0 Å². The number of hydrazone groups is 1. The van der Waals surface area contributed by atoms with Gasteiger partial charge in [-0.05, 0) is 37.3 Å². The second-order valence-corrected chi connectivity index (χ2v) is 6.70. The van der Waals surface area contributed by atoms with Gasteiger partial charge in [-0.25, -0.2) is 5.43 Å². The molecule has 0 saturated carbocycles. The standard InChI is InChI=1S/C21H25N5O5/c1-4-31-17-8-6-16(7-9-17)23-20(27)11-12-21(28)24-22-14-15-5-10-18(25(2)3)19(13-15)26(29)30/h5-10,13-14H,4,11-12H2,1-3H3,(H,23,27)(H,24,28). The zero-order valence-electron chi connectivity index (χ0n) is 17.6. The van der Waals surface area contributed by atoms with Crippen LogP contribution in [0.4, 0.5) is 17.1 Å². The van der Waals surface area contributed by atoms with Crippen molar-refractivity contribution in [2.75, 3.05) is 30.9 Å². The maximum absolute atomic E-state index is 12.0. The van der Waals surface area contributed by atoms with Gasteiger partial charge in [-0.3, -0.25) is 19.7 Å². The predicted molar refractivity (Wildman–Crippen MR) is 119 cm³/mol. The molecule has 164 valence electrons. The van der Waals surface area contributed by atoms with E-state index in [1.807, 2.05) is 6.92 Å². The second-order valence-electron chi connectivity index (χ2n) is 6.70. The number of amides is 2. The first-order valence-electron chi connectivity index (χ1n) is 9.60. The molecule has 2 rings (SSSR count). The first-order chi connectivity index (χ1) is 14.8. The number of hydrogen-bond acceptors (Lipinski definition) is 7. The van der Waals surface area contributed by atoms with Gasteiger partial charge in [0.25, 0.3) is 5.69 Å². The minimum absolute atomic E-state index is 0.0163. The van der Waals surface area contributed by atoms with Crippen LogP contribution in [0.25, 0.3) is 0 Å². The quantitative estimate of drug-likeness (QED) is 0.341. The summed E-state index contributed by atoms with van der Waals surface area (Å²) in [5, 5.41) is 17.7. The van der Waals surface area contributed by atoms with Crippen molar-refractivity contribution in [2.45, 2.75) is 19.8 Å². The SMILES string of the molecule is CCOc1ccc(NC(=O)CCC(=O)NN=Cc2ccc(N(C)C)c([N+](=O)[O-])c2)cc1. The van der Waals surface area contributed by atoms with Crippen molar-refractivity contribution in [3.8, 4) is 5.75 Å². The lowest BCUT2D eigenvalue weighted by atomic mass is 10.2. The molecule has 10 nitrogen and oxygen atoms in total. The van der Waals surface area contributed by atoms with Crippen LogP contribution in [0.5, 0.6) is 5.75 Å². The van der Waals surface area contributed by atoms with E-state index in [4.69, 9.17) is 4.74 Å². The summed E-state index contributed by atoms with van der Waals surface area (Å²) in [6, 6.07) is 11.6. The van der Waals surface area contributed by atoms with Crippen LogP contribution < -0.4 is 20.4 Å². The van der Waals surface area contributed by atoms with Crippen LogP contribution in [0.15, 0.2) is 47.6 Å². The molecule has 10 heteroatoms. The Morgan fingerprint density at radius 3 is 2.42 bits per heavy atom. The van der Waals surface area contributed by atoms with Gasteiger partial charge in [0.1, 0.15) is 11.4 Å². The molecule has 0 fully saturated rings. The molecule has 0 bridgehead atoms. The van der Waals surface area contributed by atoms with E-state index in [1.165, 1.54) is 12.3 Å². The Bertz CT molecular complexity index is 957. The van der Waals surface area contributed by atoms with Gasteiger partial charge in [0.2, 0.25) is 11.8 Å². The lowest BCUT2D eigenvalue weighted by Gasteiger charge is -2.12. The summed E-state index contributed by atoms with van der Waals surface area (Å²) < 4.78 is 5.33. The number of hydrogen-bond donors (Lipinski definition) is 2. The first-order valence-corrected chi connectivity index (χ1v) is 9.60. The van der Waals surface area contributed by atoms with E-state index in [-0.39, 0.29) is 24.4 Å². The molecule has 0 spiro atoms. The topological polar surface area (TPSA) is 126 Å². The highest BCUT2D eigenvalue weighted by atomic mass is 16.6. The molecule has 0 aromatic heterocycles. The third-order valence-electron chi connectivity index (χ3n) is 4.11. The normalized spacial score (nSPS) is 10.5. The molecule has 2 aromatic carbocycles. The van der Waals surface area contributed by atoms with E-state index in [0.717, 1.165) is 0 Å². The number of anilines is 2. The van der Waals surface area contributed by atoms with Crippen molar-refractivity contribution in [1.29, 1.82) is 0 Å². The fraction of sp³-hybridized carbons (Fsp3) is 0.286. The molecule has 2 N–H and O–H groups in total. The van der Waals surface area contributed by atoms with Crippen LogP contribution in [0.1, 0.15) is 25.3 Å². The Hall–Kier alpha value is -3.95. The molecule has 31 heavy (non-hydrogen) atoms. The van der Waals surface area contributed by atoms with Crippen molar-refractivity contribution in [3.05, 3.63) is 58.1 Å². The first kappa shape index (κ1) is 23.3. The molecule has 2 amide bonds. The number of rotatable bonds is 10. The fourth-order valence-electron chi connectivity index (χ4n) is 2.63. The Balaban J connectivity index is 1.82. The van der Waals surface area contributed by atoms with Gasteiger partial charge in [-0.2, -0.15) is 5.10 Å².